The van der Waals surface area contributed by atoms with Crippen LogP contribution in [-0.2, 0) is 35.0 Å². The largest absolute Gasteiger partial charge is 0.676 e. The second-order valence-corrected chi connectivity index (χ2v) is 7.02. The van der Waals surface area contributed by atoms with Crippen LogP contribution in [0.5, 0.6) is 0 Å². The molecule has 0 rings (SSSR count). The third-order valence-electron chi connectivity index (χ3n) is 0.980. The van der Waals surface area contributed by atoms with Gasteiger partial charge in [-0.15, -0.1) is 0 Å². The first-order valence-electron chi connectivity index (χ1n) is 8.06. The van der Waals surface area contributed by atoms with Crippen molar-refractivity contribution in [3.63, 3.8) is 0 Å². The normalized spacial score (nSPS) is 10.0. The van der Waals surface area contributed by atoms with Crippen LogP contribution in [0.4, 0.5) is 0 Å². The van der Waals surface area contributed by atoms with Gasteiger partial charge in [0, 0.05) is 59.9 Å². The summed E-state index contributed by atoms with van der Waals surface area (Å²) >= 11 is 0. The van der Waals surface area contributed by atoms with Crippen LogP contribution in [-0.4, -0.2) is 67.3 Å². The number of aliphatic hydroxyl groups excluding tert-OH is 3. The summed E-state index contributed by atoms with van der Waals surface area (Å²) in [5.41, 5.74) is 0. The van der Waals surface area contributed by atoms with E-state index >= 15 is 0 Å². The molecule has 0 saturated heterocycles. The summed E-state index contributed by atoms with van der Waals surface area (Å²) in [5.74, 6) is 0. The van der Waals surface area contributed by atoms with Crippen LogP contribution in [0.3, 0.4) is 0 Å². The standard InChI is InChI=1S/C6H16O4Si.3C3H8O.Ti/c1-4-8-11(7,9-5-2)10-6-3;3*1-3(2)4;/h7H,4-6H2,1-3H3;3*3-4H,1-2H3;. The molecule has 0 aromatic rings. The maximum absolute atomic E-state index is 9.48. The number of hydrogen-bond acceptors (Lipinski definition) is 7. The first-order chi connectivity index (χ1) is 10.4. The van der Waals surface area contributed by atoms with Crippen molar-refractivity contribution in [2.75, 3.05) is 19.8 Å². The number of aliphatic hydroxyl groups is 3. The van der Waals surface area contributed by atoms with Gasteiger partial charge in [0.15, 0.2) is 0 Å². The van der Waals surface area contributed by atoms with Gasteiger partial charge in [-0.2, -0.15) is 0 Å². The SMILES string of the molecule is CC(C)O.CC(C)O.CC(C)O.CCO[Si](O)(OCC)OCC.[Ti]. The summed E-state index contributed by atoms with van der Waals surface area (Å²) in [6, 6.07) is 0. The van der Waals surface area contributed by atoms with Crippen molar-refractivity contribution in [3.05, 3.63) is 0 Å². The summed E-state index contributed by atoms with van der Waals surface area (Å²) in [6.45, 7) is 16.9. The molecule has 0 amide bonds. The van der Waals surface area contributed by atoms with Gasteiger partial charge >= 0.3 is 9.05 Å². The Hall–Kier alpha value is 0.651. The zero-order valence-electron chi connectivity index (χ0n) is 16.9. The minimum Gasteiger partial charge on any atom is -0.394 e. The Morgan fingerprint density at radius 3 is 0.833 bits per heavy atom. The first kappa shape index (κ1) is 35.7. The third kappa shape index (κ3) is 66.3. The molecule has 24 heavy (non-hydrogen) atoms. The Morgan fingerprint density at radius 1 is 0.625 bits per heavy atom. The zero-order valence-corrected chi connectivity index (χ0v) is 19.4. The van der Waals surface area contributed by atoms with Crippen molar-refractivity contribution < 1.29 is 55.1 Å². The van der Waals surface area contributed by atoms with Crippen molar-refractivity contribution in [1.29, 1.82) is 0 Å². The van der Waals surface area contributed by atoms with Gasteiger partial charge in [-0.05, 0) is 62.3 Å². The molecule has 0 aliphatic carbocycles. The minimum absolute atomic E-state index is 0. The maximum Gasteiger partial charge on any atom is 0.676 e. The monoisotopic (exact) mass is 408 g/mol. The molecule has 0 heterocycles. The molecule has 0 saturated carbocycles. The molecule has 0 aromatic carbocycles. The molecule has 0 aliphatic heterocycles. The average Bonchev–Trinajstić information content (AvgIpc) is 2.26. The molecular weight excluding hydrogens is 368 g/mol. The summed E-state index contributed by atoms with van der Waals surface area (Å²) in [4.78, 5) is 9.48. The van der Waals surface area contributed by atoms with Crippen LogP contribution in [0.2, 0.25) is 0 Å². The van der Waals surface area contributed by atoms with E-state index in [0.717, 1.165) is 0 Å². The molecule has 150 valence electrons. The molecule has 7 nitrogen and oxygen atoms in total. The molecule has 0 aromatic heterocycles. The Morgan fingerprint density at radius 2 is 0.750 bits per heavy atom. The molecule has 4 N–H and O–H groups in total. The molecule has 0 aliphatic rings. The third-order valence-corrected chi connectivity index (χ3v) is 2.94. The van der Waals surface area contributed by atoms with Gasteiger partial charge in [-0.1, -0.05) is 0 Å². The molecular formula is C15H40O7SiTi. The van der Waals surface area contributed by atoms with E-state index in [-0.39, 0.29) is 40.0 Å². The molecule has 9 heteroatoms. The minimum atomic E-state index is -3.25. The van der Waals surface area contributed by atoms with Crippen LogP contribution >= 0.6 is 0 Å². The van der Waals surface area contributed by atoms with E-state index in [0.29, 0.717) is 19.8 Å². The summed E-state index contributed by atoms with van der Waals surface area (Å²) in [6.07, 6.45) is -0.500. The molecule has 0 spiro atoms. The number of rotatable bonds is 6. The summed E-state index contributed by atoms with van der Waals surface area (Å²) in [5, 5.41) is 24.2. The molecule has 0 radical (unpaired) electrons. The predicted molar refractivity (Wildman–Crippen MR) is 94.9 cm³/mol. The van der Waals surface area contributed by atoms with Crippen molar-refractivity contribution in [2.24, 2.45) is 0 Å². The van der Waals surface area contributed by atoms with E-state index in [1.165, 1.54) is 0 Å². The smallest absolute Gasteiger partial charge is 0.394 e. The van der Waals surface area contributed by atoms with Gasteiger partial charge in [-0.3, -0.25) is 0 Å². The molecule has 0 unspecified atom stereocenters. The van der Waals surface area contributed by atoms with Crippen LogP contribution in [0, 0.1) is 0 Å². The second kappa shape index (κ2) is 25.9. The van der Waals surface area contributed by atoms with E-state index in [2.05, 4.69) is 0 Å². The van der Waals surface area contributed by atoms with Crippen molar-refractivity contribution in [2.45, 2.75) is 80.6 Å². The van der Waals surface area contributed by atoms with E-state index in [1.54, 1.807) is 62.3 Å². The zero-order chi connectivity index (χ0) is 19.5. The summed E-state index contributed by atoms with van der Waals surface area (Å²) in [7, 11) is -3.25. The fourth-order valence-electron chi connectivity index (χ4n) is 0.672. The van der Waals surface area contributed by atoms with Gasteiger partial charge < -0.3 is 33.4 Å². The second-order valence-electron chi connectivity index (χ2n) is 5.10. The van der Waals surface area contributed by atoms with Crippen LogP contribution in [0.1, 0.15) is 62.3 Å². The van der Waals surface area contributed by atoms with Crippen LogP contribution in [0.15, 0.2) is 0 Å². The van der Waals surface area contributed by atoms with E-state index in [4.69, 9.17) is 28.6 Å². The Labute approximate surface area is 164 Å². The molecule has 0 fully saturated rings. The summed E-state index contributed by atoms with van der Waals surface area (Å²) < 4.78 is 14.9. The fraction of sp³-hybridized carbons (Fsp3) is 1.00. The fourth-order valence-corrected chi connectivity index (χ4v) is 2.02. The quantitative estimate of drug-likeness (QED) is 0.495. The van der Waals surface area contributed by atoms with Crippen LogP contribution in [0.25, 0.3) is 0 Å². The Balaban J connectivity index is -0.0000000772. The van der Waals surface area contributed by atoms with Gasteiger partial charge in [0.2, 0.25) is 0 Å². The van der Waals surface area contributed by atoms with E-state index in [1.807, 2.05) is 0 Å². The van der Waals surface area contributed by atoms with E-state index < -0.39 is 9.05 Å². The Bertz CT molecular complexity index is 169. The molecule has 0 bridgehead atoms. The predicted octanol–water partition coefficient (Wildman–Crippen LogP) is 1.68. The van der Waals surface area contributed by atoms with Gasteiger partial charge in [0.1, 0.15) is 0 Å². The average molecular weight is 408 g/mol. The van der Waals surface area contributed by atoms with Gasteiger partial charge in [0.25, 0.3) is 0 Å². The van der Waals surface area contributed by atoms with Crippen molar-refractivity contribution in [1.82, 2.24) is 0 Å². The van der Waals surface area contributed by atoms with Gasteiger partial charge in [-0.25, -0.2) is 0 Å². The van der Waals surface area contributed by atoms with Crippen LogP contribution < -0.4 is 0 Å². The Kier molecular flexibility index (Phi) is 38.5. The van der Waals surface area contributed by atoms with E-state index in [9.17, 15) is 4.80 Å². The molecule has 0 atom stereocenters. The van der Waals surface area contributed by atoms with Crippen molar-refractivity contribution >= 4 is 9.05 Å². The van der Waals surface area contributed by atoms with Gasteiger partial charge in [0.05, 0.1) is 0 Å². The van der Waals surface area contributed by atoms with Crippen molar-refractivity contribution in [3.8, 4) is 0 Å². The number of hydrogen-bond donors (Lipinski definition) is 4. The first-order valence-corrected chi connectivity index (χ1v) is 9.73. The topological polar surface area (TPSA) is 109 Å². The maximum atomic E-state index is 9.48.